The van der Waals surface area contributed by atoms with Crippen molar-refractivity contribution < 1.29 is 24.8 Å². The number of aliphatic hydroxyl groups is 3. The molecule has 0 aromatic rings. The van der Waals surface area contributed by atoms with Gasteiger partial charge in [0.05, 0.1) is 13.2 Å². The van der Waals surface area contributed by atoms with E-state index >= 15 is 0 Å². The molecule has 1 heterocycles. The molecule has 0 saturated carbocycles. The molecule has 25 heavy (non-hydrogen) atoms. The quantitative estimate of drug-likeness (QED) is 0.319. The van der Waals surface area contributed by atoms with Crippen LogP contribution in [0, 0.1) is 0 Å². The average Bonchev–Trinajstić information content (AvgIpc) is 2.93. The van der Waals surface area contributed by atoms with Crippen molar-refractivity contribution in [2.75, 3.05) is 13.2 Å². The molecule has 1 rings (SSSR count). The number of hydrogen-bond donors (Lipinski definition) is 3. The van der Waals surface area contributed by atoms with E-state index in [1.54, 1.807) is 0 Å². The Morgan fingerprint density at radius 2 is 1.60 bits per heavy atom. The molecule has 1 saturated heterocycles. The van der Waals surface area contributed by atoms with Gasteiger partial charge in [-0.05, 0) is 18.6 Å². The average molecular weight is 377 g/mol. The molecular formula is C19H36O5S. The van der Waals surface area contributed by atoms with Gasteiger partial charge in [-0.25, -0.2) is 0 Å². The van der Waals surface area contributed by atoms with Crippen LogP contribution in [-0.4, -0.2) is 58.0 Å². The van der Waals surface area contributed by atoms with Crippen LogP contribution >= 0.6 is 12.2 Å². The van der Waals surface area contributed by atoms with Gasteiger partial charge in [0.1, 0.15) is 18.3 Å². The van der Waals surface area contributed by atoms with Crippen LogP contribution in [0.3, 0.4) is 0 Å². The van der Waals surface area contributed by atoms with Gasteiger partial charge >= 0.3 is 0 Å². The smallest absolute Gasteiger partial charge is 0.160 e. The summed E-state index contributed by atoms with van der Waals surface area (Å²) in [6.45, 7) is 1.99. The van der Waals surface area contributed by atoms with Crippen molar-refractivity contribution in [1.82, 2.24) is 0 Å². The molecule has 6 heteroatoms. The summed E-state index contributed by atoms with van der Waals surface area (Å²) in [5, 5.41) is 29.2. The molecule has 148 valence electrons. The Morgan fingerprint density at radius 3 is 2.08 bits per heavy atom. The zero-order valence-corrected chi connectivity index (χ0v) is 16.4. The van der Waals surface area contributed by atoms with Crippen molar-refractivity contribution in [2.45, 2.75) is 102 Å². The van der Waals surface area contributed by atoms with Gasteiger partial charge in [0.15, 0.2) is 11.2 Å². The summed E-state index contributed by atoms with van der Waals surface area (Å²) in [5.41, 5.74) is 0. The normalized spacial score (nSPS) is 24.4. The maximum atomic E-state index is 9.83. The first-order valence-corrected chi connectivity index (χ1v) is 10.3. The second kappa shape index (κ2) is 13.9. The third-order valence-electron chi connectivity index (χ3n) is 4.75. The molecule has 0 aromatic carbocycles. The third-order valence-corrected chi connectivity index (χ3v) is 5.05. The first kappa shape index (κ1) is 22.8. The van der Waals surface area contributed by atoms with E-state index in [1.165, 1.54) is 51.4 Å². The number of rotatable bonds is 14. The molecule has 5 nitrogen and oxygen atoms in total. The van der Waals surface area contributed by atoms with Crippen molar-refractivity contribution in [3.8, 4) is 0 Å². The van der Waals surface area contributed by atoms with Crippen LogP contribution in [0.5, 0.6) is 0 Å². The second-order valence-corrected chi connectivity index (χ2v) is 7.45. The minimum absolute atomic E-state index is 0.0525. The van der Waals surface area contributed by atoms with Crippen molar-refractivity contribution >= 4 is 17.3 Å². The molecule has 0 amide bonds. The fourth-order valence-corrected chi connectivity index (χ4v) is 3.41. The largest absolute Gasteiger partial charge is 0.479 e. The lowest BCUT2D eigenvalue weighted by Crippen LogP contribution is -2.42. The van der Waals surface area contributed by atoms with Gasteiger partial charge in [-0.15, -0.1) is 0 Å². The van der Waals surface area contributed by atoms with Crippen LogP contribution < -0.4 is 0 Å². The Balaban J connectivity index is 2.04. The van der Waals surface area contributed by atoms with Gasteiger partial charge in [-0.3, -0.25) is 0 Å². The van der Waals surface area contributed by atoms with Crippen LogP contribution in [0.25, 0.3) is 0 Å². The summed E-state index contributed by atoms with van der Waals surface area (Å²) in [6, 6.07) is 0. The summed E-state index contributed by atoms with van der Waals surface area (Å²) >= 11 is 5.23. The number of aliphatic hydroxyl groups excluding tert-OH is 3. The minimum atomic E-state index is -1.04. The molecular weight excluding hydrogens is 340 g/mol. The highest BCUT2D eigenvalue weighted by molar-refractivity contribution is 7.80. The summed E-state index contributed by atoms with van der Waals surface area (Å²) in [6.07, 6.45) is 9.88. The van der Waals surface area contributed by atoms with Gasteiger partial charge in [0.25, 0.3) is 0 Å². The van der Waals surface area contributed by atoms with Crippen molar-refractivity contribution in [2.24, 2.45) is 0 Å². The summed E-state index contributed by atoms with van der Waals surface area (Å²) in [7, 11) is 0. The van der Waals surface area contributed by atoms with E-state index in [0.717, 1.165) is 12.8 Å². The fraction of sp³-hybridized carbons (Fsp3) is 0.947. The molecule has 0 aromatic heterocycles. The van der Waals surface area contributed by atoms with Gasteiger partial charge in [0, 0.05) is 6.42 Å². The van der Waals surface area contributed by atoms with Crippen molar-refractivity contribution in [1.29, 1.82) is 0 Å². The highest BCUT2D eigenvalue weighted by atomic mass is 32.1. The standard InChI is InChI=1S/C19H36O5S/c1-2-3-4-5-6-7-8-9-10-11-12-17(25)24-16(13-20)19-18(22)15(21)14-23-19/h15-16,18-22H,2-14H2,1H3/t15-,16+,18+,19+/m0/s1. The molecule has 1 aliphatic heterocycles. The lowest BCUT2D eigenvalue weighted by Gasteiger charge is -2.25. The molecule has 0 radical (unpaired) electrons. The van der Waals surface area contributed by atoms with Gasteiger partial charge in [-0.1, -0.05) is 64.7 Å². The molecule has 4 atom stereocenters. The first-order valence-electron chi connectivity index (χ1n) is 9.88. The highest BCUT2D eigenvalue weighted by Gasteiger charge is 2.41. The van der Waals surface area contributed by atoms with Gasteiger partial charge in [0.2, 0.25) is 0 Å². The Bertz CT molecular complexity index is 353. The molecule has 1 fully saturated rings. The molecule has 1 aliphatic rings. The van der Waals surface area contributed by atoms with Crippen molar-refractivity contribution in [3.63, 3.8) is 0 Å². The Labute approximate surface area is 157 Å². The lowest BCUT2D eigenvalue weighted by atomic mass is 10.1. The minimum Gasteiger partial charge on any atom is -0.479 e. The fourth-order valence-electron chi connectivity index (χ4n) is 3.15. The maximum absolute atomic E-state index is 9.83. The van der Waals surface area contributed by atoms with E-state index in [-0.39, 0.29) is 13.2 Å². The summed E-state index contributed by atoms with van der Waals surface area (Å²) in [5.74, 6) is 0. The van der Waals surface area contributed by atoms with E-state index in [2.05, 4.69) is 6.92 Å². The first-order chi connectivity index (χ1) is 12.1. The van der Waals surface area contributed by atoms with Crippen LogP contribution in [0.15, 0.2) is 0 Å². The van der Waals surface area contributed by atoms with Crippen LogP contribution in [0.1, 0.15) is 77.6 Å². The van der Waals surface area contributed by atoms with Crippen LogP contribution in [0.4, 0.5) is 0 Å². The third kappa shape index (κ3) is 9.29. The Kier molecular flexibility index (Phi) is 12.6. The summed E-state index contributed by atoms with van der Waals surface area (Å²) in [4.78, 5) is 0. The zero-order valence-electron chi connectivity index (χ0n) is 15.6. The monoisotopic (exact) mass is 376 g/mol. The number of hydrogen-bond acceptors (Lipinski definition) is 6. The van der Waals surface area contributed by atoms with E-state index < -0.39 is 24.4 Å². The number of unbranched alkanes of at least 4 members (excludes halogenated alkanes) is 9. The molecule has 0 aliphatic carbocycles. The number of thiocarbonyl (C=S) groups is 1. The zero-order chi connectivity index (χ0) is 18.5. The van der Waals surface area contributed by atoms with E-state index in [9.17, 15) is 15.3 Å². The van der Waals surface area contributed by atoms with Gasteiger partial charge < -0.3 is 24.8 Å². The molecule has 0 bridgehead atoms. The molecule has 0 unspecified atom stereocenters. The van der Waals surface area contributed by atoms with E-state index in [4.69, 9.17) is 21.7 Å². The lowest BCUT2D eigenvalue weighted by molar-refractivity contribution is -0.0621. The predicted octanol–water partition coefficient (Wildman–Crippen LogP) is 3.12. The highest BCUT2D eigenvalue weighted by Crippen LogP contribution is 2.20. The predicted molar refractivity (Wildman–Crippen MR) is 103 cm³/mol. The Morgan fingerprint density at radius 1 is 1.04 bits per heavy atom. The Hall–Kier alpha value is -0.270. The maximum Gasteiger partial charge on any atom is 0.160 e. The van der Waals surface area contributed by atoms with Crippen LogP contribution in [-0.2, 0) is 9.47 Å². The van der Waals surface area contributed by atoms with Gasteiger partial charge in [-0.2, -0.15) is 0 Å². The molecule has 0 spiro atoms. The number of ether oxygens (including phenoxy) is 2. The SMILES string of the molecule is CCCCCCCCCCCCC(=S)O[C@H](CO)[C@H]1OC[C@H](O)[C@H]1O. The van der Waals surface area contributed by atoms with Crippen LogP contribution in [0.2, 0.25) is 0 Å². The van der Waals surface area contributed by atoms with E-state index in [1.807, 2.05) is 0 Å². The van der Waals surface area contributed by atoms with E-state index in [0.29, 0.717) is 11.5 Å². The van der Waals surface area contributed by atoms with Crippen molar-refractivity contribution in [3.05, 3.63) is 0 Å². The molecule has 3 N–H and O–H groups in total. The summed E-state index contributed by atoms with van der Waals surface area (Å²) < 4.78 is 10.9. The topological polar surface area (TPSA) is 79.2 Å². The second-order valence-electron chi connectivity index (χ2n) is 7.00.